The summed E-state index contributed by atoms with van der Waals surface area (Å²) < 4.78 is 0. The maximum atomic E-state index is 5.67. The molecule has 0 aliphatic rings. The van der Waals surface area contributed by atoms with Crippen molar-refractivity contribution in [2.75, 3.05) is 0 Å². The van der Waals surface area contributed by atoms with Crippen molar-refractivity contribution in [2.24, 2.45) is 5.73 Å². The maximum absolute atomic E-state index is 5.67. The molecule has 3 heteroatoms. The van der Waals surface area contributed by atoms with Crippen molar-refractivity contribution in [3.63, 3.8) is 0 Å². The molecule has 1 aromatic carbocycles. The Bertz CT molecular complexity index is 530. The Balaban J connectivity index is 2.64. The number of nitrogens with one attached hydrogen (secondary N) is 1. The highest BCUT2D eigenvalue weighted by Crippen LogP contribution is 2.30. The summed E-state index contributed by atoms with van der Waals surface area (Å²) in [6.45, 7) is 8.95. The zero-order valence-electron chi connectivity index (χ0n) is 10.9. The molecule has 0 aliphatic heterocycles. The first kappa shape index (κ1) is 11.9. The van der Waals surface area contributed by atoms with E-state index >= 15 is 0 Å². The molecule has 0 saturated heterocycles. The van der Waals surface area contributed by atoms with Gasteiger partial charge in [0.25, 0.3) is 0 Å². The molecular formula is C14H19N3. The van der Waals surface area contributed by atoms with E-state index in [9.17, 15) is 0 Å². The predicted octanol–water partition coefficient (Wildman–Crippen LogP) is 2.77. The largest absolute Gasteiger partial charge is 0.325 e. The lowest BCUT2D eigenvalue weighted by Crippen LogP contribution is -1.98. The van der Waals surface area contributed by atoms with Gasteiger partial charge in [-0.15, -0.1) is 0 Å². The van der Waals surface area contributed by atoms with Crippen LogP contribution in [0.15, 0.2) is 12.1 Å². The second-order valence-corrected chi connectivity index (χ2v) is 4.65. The quantitative estimate of drug-likeness (QED) is 0.832. The third-order valence-corrected chi connectivity index (χ3v) is 3.23. The monoisotopic (exact) mass is 229 g/mol. The zero-order chi connectivity index (χ0) is 12.6. The number of aryl methyl sites for hydroxylation is 3. The van der Waals surface area contributed by atoms with Crippen LogP contribution in [0.5, 0.6) is 0 Å². The highest BCUT2D eigenvalue weighted by molar-refractivity contribution is 5.71. The molecule has 1 heterocycles. The maximum Gasteiger partial charge on any atom is 0.0958 e. The van der Waals surface area contributed by atoms with Gasteiger partial charge in [0.2, 0.25) is 0 Å². The highest BCUT2D eigenvalue weighted by atomic mass is 15.1. The van der Waals surface area contributed by atoms with Gasteiger partial charge >= 0.3 is 0 Å². The predicted molar refractivity (Wildman–Crippen MR) is 70.9 cm³/mol. The topological polar surface area (TPSA) is 54.7 Å². The van der Waals surface area contributed by atoms with Gasteiger partial charge in [-0.05, 0) is 44.4 Å². The molecule has 0 saturated carbocycles. The van der Waals surface area contributed by atoms with Crippen LogP contribution < -0.4 is 5.73 Å². The van der Waals surface area contributed by atoms with Crippen LogP contribution in [0.1, 0.15) is 27.9 Å². The molecule has 0 amide bonds. The van der Waals surface area contributed by atoms with Gasteiger partial charge < -0.3 is 5.73 Å². The third kappa shape index (κ3) is 1.98. The van der Waals surface area contributed by atoms with Crippen LogP contribution in [0.2, 0.25) is 0 Å². The standard InChI is InChI=1S/C14H19N3/c1-8-5-9(2)13(10(3)6-8)14-11(4)12(7-15)16-17-14/h5-6H,7,15H2,1-4H3,(H,16,17). The van der Waals surface area contributed by atoms with Gasteiger partial charge in [-0.3, -0.25) is 5.10 Å². The Morgan fingerprint density at radius 1 is 1.12 bits per heavy atom. The molecule has 0 radical (unpaired) electrons. The van der Waals surface area contributed by atoms with Gasteiger partial charge in [-0.25, -0.2) is 0 Å². The van der Waals surface area contributed by atoms with Crippen LogP contribution >= 0.6 is 0 Å². The van der Waals surface area contributed by atoms with Crippen molar-refractivity contribution in [2.45, 2.75) is 34.2 Å². The van der Waals surface area contributed by atoms with E-state index in [2.05, 4.69) is 50.0 Å². The molecule has 17 heavy (non-hydrogen) atoms. The van der Waals surface area contributed by atoms with E-state index in [0.29, 0.717) is 6.54 Å². The minimum Gasteiger partial charge on any atom is -0.325 e. The van der Waals surface area contributed by atoms with Crippen LogP contribution in [-0.4, -0.2) is 10.2 Å². The molecule has 0 fully saturated rings. The lowest BCUT2D eigenvalue weighted by atomic mass is 9.95. The number of nitrogens with two attached hydrogens (primary N) is 1. The number of hydrogen-bond donors (Lipinski definition) is 2. The van der Waals surface area contributed by atoms with Gasteiger partial charge in [-0.2, -0.15) is 5.10 Å². The Kier molecular flexibility index (Phi) is 3.03. The highest BCUT2D eigenvalue weighted by Gasteiger charge is 2.14. The summed E-state index contributed by atoms with van der Waals surface area (Å²) in [7, 11) is 0. The molecule has 0 aliphatic carbocycles. The summed E-state index contributed by atoms with van der Waals surface area (Å²) in [5.74, 6) is 0. The van der Waals surface area contributed by atoms with Gasteiger partial charge in [0, 0.05) is 12.1 Å². The van der Waals surface area contributed by atoms with Gasteiger partial charge in [0.05, 0.1) is 11.4 Å². The first-order valence-electron chi connectivity index (χ1n) is 5.86. The number of aromatic nitrogens is 2. The van der Waals surface area contributed by atoms with Crippen LogP contribution in [0, 0.1) is 27.7 Å². The molecule has 0 spiro atoms. The Morgan fingerprint density at radius 3 is 2.18 bits per heavy atom. The summed E-state index contributed by atoms with van der Waals surface area (Å²) in [6, 6.07) is 4.39. The fourth-order valence-corrected chi connectivity index (χ4v) is 2.43. The minimum absolute atomic E-state index is 0.503. The minimum atomic E-state index is 0.503. The second kappa shape index (κ2) is 4.34. The molecule has 1 aromatic heterocycles. The van der Waals surface area contributed by atoms with Crippen molar-refractivity contribution in [1.82, 2.24) is 10.2 Å². The van der Waals surface area contributed by atoms with E-state index in [-0.39, 0.29) is 0 Å². The van der Waals surface area contributed by atoms with E-state index in [1.165, 1.54) is 22.3 Å². The van der Waals surface area contributed by atoms with E-state index in [1.807, 2.05) is 0 Å². The number of aromatic amines is 1. The van der Waals surface area contributed by atoms with Crippen molar-refractivity contribution in [3.8, 4) is 11.3 Å². The second-order valence-electron chi connectivity index (χ2n) is 4.65. The summed E-state index contributed by atoms with van der Waals surface area (Å²) in [6.07, 6.45) is 0. The Morgan fingerprint density at radius 2 is 1.71 bits per heavy atom. The number of H-pyrrole nitrogens is 1. The van der Waals surface area contributed by atoms with Crippen LogP contribution in [0.4, 0.5) is 0 Å². The first-order chi connectivity index (χ1) is 8.04. The van der Waals surface area contributed by atoms with Crippen molar-refractivity contribution in [3.05, 3.63) is 40.1 Å². The summed E-state index contributed by atoms with van der Waals surface area (Å²) in [5.41, 5.74) is 13.9. The molecule has 2 rings (SSSR count). The summed E-state index contributed by atoms with van der Waals surface area (Å²) in [5, 5.41) is 7.42. The van der Waals surface area contributed by atoms with Gasteiger partial charge in [0.1, 0.15) is 0 Å². The molecule has 3 N–H and O–H groups in total. The molecule has 0 bridgehead atoms. The van der Waals surface area contributed by atoms with Gasteiger partial charge in [-0.1, -0.05) is 17.7 Å². The molecule has 2 aromatic rings. The number of rotatable bonds is 2. The summed E-state index contributed by atoms with van der Waals surface area (Å²) >= 11 is 0. The van der Waals surface area contributed by atoms with E-state index < -0.39 is 0 Å². The molecule has 0 atom stereocenters. The molecular weight excluding hydrogens is 210 g/mol. The van der Waals surface area contributed by atoms with Crippen molar-refractivity contribution >= 4 is 0 Å². The fraction of sp³-hybridized carbons (Fsp3) is 0.357. The van der Waals surface area contributed by atoms with Crippen molar-refractivity contribution in [1.29, 1.82) is 0 Å². The normalized spacial score (nSPS) is 10.9. The van der Waals surface area contributed by atoms with Crippen LogP contribution in [0.25, 0.3) is 11.3 Å². The van der Waals surface area contributed by atoms with Gasteiger partial charge in [0.15, 0.2) is 0 Å². The number of benzene rings is 1. The molecule has 0 unspecified atom stereocenters. The zero-order valence-corrected chi connectivity index (χ0v) is 10.9. The first-order valence-corrected chi connectivity index (χ1v) is 5.86. The van der Waals surface area contributed by atoms with Crippen LogP contribution in [0.3, 0.4) is 0 Å². The molecule has 3 nitrogen and oxygen atoms in total. The average Bonchev–Trinajstić information content (AvgIpc) is 2.59. The smallest absolute Gasteiger partial charge is 0.0958 e. The Labute approximate surface area is 102 Å². The SMILES string of the molecule is Cc1cc(C)c(-c2n[nH]c(CN)c2C)c(C)c1. The Hall–Kier alpha value is -1.61. The lowest BCUT2D eigenvalue weighted by Gasteiger charge is -2.10. The summed E-state index contributed by atoms with van der Waals surface area (Å²) in [4.78, 5) is 0. The van der Waals surface area contributed by atoms with E-state index in [4.69, 9.17) is 5.73 Å². The van der Waals surface area contributed by atoms with E-state index in [1.54, 1.807) is 0 Å². The van der Waals surface area contributed by atoms with Crippen molar-refractivity contribution < 1.29 is 0 Å². The average molecular weight is 229 g/mol. The van der Waals surface area contributed by atoms with Crippen LogP contribution in [-0.2, 0) is 6.54 Å². The third-order valence-electron chi connectivity index (χ3n) is 3.23. The lowest BCUT2D eigenvalue weighted by molar-refractivity contribution is 0.941. The number of nitrogens with zero attached hydrogens (tertiary/aromatic N) is 1. The van der Waals surface area contributed by atoms with E-state index in [0.717, 1.165) is 17.0 Å². The fourth-order valence-electron chi connectivity index (χ4n) is 2.43. The number of hydrogen-bond acceptors (Lipinski definition) is 2. The molecule has 90 valence electrons.